The van der Waals surface area contributed by atoms with Crippen LogP contribution in [-0.4, -0.2) is 30.6 Å². The van der Waals surface area contributed by atoms with E-state index in [4.69, 9.17) is 9.84 Å². The number of halogens is 1. The Balaban J connectivity index is 2.99. The SMILES string of the molecule is CC(C)OCCCCCCCCCCCC(F)CO. The number of aliphatic hydroxyl groups excluding tert-OH is 1. The molecule has 0 saturated heterocycles. The van der Waals surface area contributed by atoms with Crippen molar-refractivity contribution in [2.75, 3.05) is 13.2 Å². The van der Waals surface area contributed by atoms with E-state index in [9.17, 15) is 4.39 Å². The van der Waals surface area contributed by atoms with Gasteiger partial charge in [-0.15, -0.1) is 0 Å². The molecule has 3 heteroatoms. The summed E-state index contributed by atoms with van der Waals surface area (Å²) in [5.41, 5.74) is 0. The lowest BCUT2D eigenvalue weighted by Crippen LogP contribution is -2.04. The first-order chi connectivity index (χ1) is 9.16. The van der Waals surface area contributed by atoms with Crippen molar-refractivity contribution in [3.05, 3.63) is 0 Å². The molecule has 0 rings (SSSR count). The summed E-state index contributed by atoms with van der Waals surface area (Å²) in [5.74, 6) is 0. The van der Waals surface area contributed by atoms with Crippen LogP contribution in [0, 0.1) is 0 Å². The number of hydrogen-bond acceptors (Lipinski definition) is 2. The molecule has 0 radical (unpaired) electrons. The zero-order chi connectivity index (χ0) is 14.3. The minimum absolute atomic E-state index is 0.319. The van der Waals surface area contributed by atoms with Crippen molar-refractivity contribution < 1.29 is 14.2 Å². The van der Waals surface area contributed by atoms with Crippen LogP contribution in [0.25, 0.3) is 0 Å². The molecule has 0 aromatic carbocycles. The smallest absolute Gasteiger partial charge is 0.123 e. The highest BCUT2D eigenvalue weighted by Gasteiger charge is 2.02. The maximum atomic E-state index is 12.7. The average Bonchev–Trinajstić information content (AvgIpc) is 2.39. The fraction of sp³-hybridized carbons (Fsp3) is 1.00. The molecule has 1 N–H and O–H groups in total. The molecule has 1 unspecified atom stereocenters. The van der Waals surface area contributed by atoms with Gasteiger partial charge in [-0.05, 0) is 26.7 Å². The molecule has 1 atom stereocenters. The fourth-order valence-corrected chi connectivity index (χ4v) is 2.12. The minimum atomic E-state index is -1.01. The van der Waals surface area contributed by atoms with Crippen molar-refractivity contribution in [1.29, 1.82) is 0 Å². The molecule has 0 fully saturated rings. The molecule has 0 heterocycles. The molecule has 0 spiro atoms. The van der Waals surface area contributed by atoms with Gasteiger partial charge in [0.1, 0.15) is 6.17 Å². The van der Waals surface area contributed by atoms with Crippen molar-refractivity contribution in [3.8, 4) is 0 Å². The van der Waals surface area contributed by atoms with Gasteiger partial charge >= 0.3 is 0 Å². The molecular formula is C16H33FO2. The van der Waals surface area contributed by atoms with Crippen LogP contribution in [0.5, 0.6) is 0 Å². The summed E-state index contributed by atoms with van der Waals surface area (Å²) in [6.45, 7) is 4.73. The first kappa shape index (κ1) is 18.9. The van der Waals surface area contributed by atoms with Gasteiger partial charge in [0.25, 0.3) is 0 Å². The van der Waals surface area contributed by atoms with Crippen molar-refractivity contribution >= 4 is 0 Å². The molecule has 0 saturated carbocycles. The third-order valence-corrected chi connectivity index (χ3v) is 3.31. The molecule has 0 aromatic heterocycles. The molecule has 0 aliphatic carbocycles. The number of ether oxygens (including phenoxy) is 1. The largest absolute Gasteiger partial charge is 0.393 e. The minimum Gasteiger partial charge on any atom is -0.393 e. The summed E-state index contributed by atoms with van der Waals surface area (Å²) >= 11 is 0. The lowest BCUT2D eigenvalue weighted by molar-refractivity contribution is 0.0756. The zero-order valence-corrected chi connectivity index (χ0v) is 12.9. The molecule has 2 nitrogen and oxygen atoms in total. The maximum absolute atomic E-state index is 12.7. The molecule has 0 aromatic rings. The topological polar surface area (TPSA) is 29.5 Å². The van der Waals surface area contributed by atoms with Crippen LogP contribution < -0.4 is 0 Å². The molecule has 19 heavy (non-hydrogen) atoms. The van der Waals surface area contributed by atoms with Crippen LogP contribution in [0.15, 0.2) is 0 Å². The predicted molar refractivity (Wildman–Crippen MR) is 79.2 cm³/mol. The Bertz CT molecular complexity index is 174. The van der Waals surface area contributed by atoms with Gasteiger partial charge in [0.05, 0.1) is 12.7 Å². The van der Waals surface area contributed by atoms with E-state index in [1.807, 2.05) is 0 Å². The Morgan fingerprint density at radius 2 is 1.32 bits per heavy atom. The summed E-state index contributed by atoms with van der Waals surface area (Å²) in [6.07, 6.45) is 10.7. The molecule has 116 valence electrons. The van der Waals surface area contributed by atoms with E-state index >= 15 is 0 Å². The lowest BCUT2D eigenvalue weighted by atomic mass is 10.1. The van der Waals surface area contributed by atoms with E-state index in [0.29, 0.717) is 12.5 Å². The summed E-state index contributed by atoms with van der Waals surface area (Å²) < 4.78 is 18.2. The van der Waals surface area contributed by atoms with E-state index in [1.165, 1.54) is 44.9 Å². The second kappa shape index (κ2) is 14.3. The van der Waals surface area contributed by atoms with Crippen LogP contribution in [-0.2, 0) is 4.74 Å². The third kappa shape index (κ3) is 15.8. The van der Waals surface area contributed by atoms with Gasteiger partial charge in [-0.1, -0.05) is 51.4 Å². The zero-order valence-electron chi connectivity index (χ0n) is 12.9. The van der Waals surface area contributed by atoms with Crippen molar-refractivity contribution in [2.45, 2.75) is 90.3 Å². The molecular weight excluding hydrogens is 243 g/mol. The van der Waals surface area contributed by atoms with E-state index in [-0.39, 0.29) is 6.61 Å². The van der Waals surface area contributed by atoms with Crippen LogP contribution >= 0.6 is 0 Å². The van der Waals surface area contributed by atoms with E-state index in [2.05, 4.69) is 13.8 Å². The summed E-state index contributed by atoms with van der Waals surface area (Å²) in [6, 6.07) is 0. The lowest BCUT2D eigenvalue weighted by Gasteiger charge is -2.07. The molecule has 0 amide bonds. The van der Waals surface area contributed by atoms with Gasteiger partial charge in [-0.2, -0.15) is 0 Å². The second-order valence-electron chi connectivity index (χ2n) is 5.67. The van der Waals surface area contributed by atoms with Gasteiger partial charge in [-0.25, -0.2) is 4.39 Å². The Kier molecular flexibility index (Phi) is 14.2. The van der Waals surface area contributed by atoms with Gasteiger partial charge in [0.15, 0.2) is 0 Å². The Hall–Kier alpha value is -0.150. The highest BCUT2D eigenvalue weighted by molar-refractivity contribution is 4.54. The summed E-state index contributed by atoms with van der Waals surface area (Å²) in [7, 11) is 0. The monoisotopic (exact) mass is 276 g/mol. The van der Waals surface area contributed by atoms with Crippen LogP contribution in [0.2, 0.25) is 0 Å². The maximum Gasteiger partial charge on any atom is 0.123 e. The third-order valence-electron chi connectivity index (χ3n) is 3.31. The number of aliphatic hydroxyl groups is 1. The van der Waals surface area contributed by atoms with Crippen LogP contribution in [0.4, 0.5) is 4.39 Å². The first-order valence-electron chi connectivity index (χ1n) is 8.03. The van der Waals surface area contributed by atoms with Crippen LogP contribution in [0.3, 0.4) is 0 Å². The van der Waals surface area contributed by atoms with Gasteiger partial charge in [0, 0.05) is 6.61 Å². The summed E-state index contributed by atoms with van der Waals surface area (Å²) in [4.78, 5) is 0. The number of alkyl halides is 1. The fourth-order valence-electron chi connectivity index (χ4n) is 2.12. The Labute approximate surface area is 118 Å². The van der Waals surface area contributed by atoms with E-state index < -0.39 is 6.17 Å². The Morgan fingerprint density at radius 1 is 0.842 bits per heavy atom. The van der Waals surface area contributed by atoms with E-state index in [1.54, 1.807) is 0 Å². The van der Waals surface area contributed by atoms with Gasteiger partial charge in [-0.3, -0.25) is 0 Å². The standard InChI is InChI=1S/C16H33FO2/c1-15(2)19-13-11-9-7-5-3-4-6-8-10-12-16(17)14-18/h15-16,18H,3-14H2,1-2H3. The highest BCUT2D eigenvalue weighted by atomic mass is 19.1. The highest BCUT2D eigenvalue weighted by Crippen LogP contribution is 2.12. The van der Waals surface area contributed by atoms with Crippen LogP contribution in [0.1, 0.15) is 78.1 Å². The number of rotatable bonds is 14. The quantitative estimate of drug-likeness (QED) is 0.468. The second-order valence-corrected chi connectivity index (χ2v) is 5.67. The van der Waals surface area contributed by atoms with Gasteiger partial charge < -0.3 is 9.84 Å². The Morgan fingerprint density at radius 3 is 1.79 bits per heavy atom. The summed E-state index contributed by atoms with van der Waals surface area (Å²) in [5, 5.41) is 8.54. The molecule has 0 aliphatic rings. The van der Waals surface area contributed by atoms with Crippen molar-refractivity contribution in [2.24, 2.45) is 0 Å². The normalized spacial score (nSPS) is 13.1. The number of unbranched alkanes of at least 4 members (excludes halogenated alkanes) is 8. The molecule has 0 bridgehead atoms. The average molecular weight is 276 g/mol. The van der Waals surface area contributed by atoms with Crippen molar-refractivity contribution in [3.63, 3.8) is 0 Å². The van der Waals surface area contributed by atoms with E-state index in [0.717, 1.165) is 19.4 Å². The molecule has 0 aliphatic heterocycles. The van der Waals surface area contributed by atoms with Gasteiger partial charge in [0.2, 0.25) is 0 Å². The van der Waals surface area contributed by atoms with Crippen molar-refractivity contribution in [1.82, 2.24) is 0 Å². The first-order valence-corrected chi connectivity index (χ1v) is 8.03. The number of hydrogen-bond donors (Lipinski definition) is 1. The predicted octanol–water partition coefficient (Wildman–Crippen LogP) is 4.64.